The number of aryl methyl sites for hydroxylation is 1. The number of imidazole rings is 2. The molecule has 0 unspecified atom stereocenters. The maximum atomic E-state index is 13.0. The number of rotatable bonds is 1. The fraction of sp³-hybridized carbons (Fsp3) is 0.0909. The van der Waals surface area contributed by atoms with Crippen LogP contribution < -0.4 is 0 Å². The van der Waals surface area contributed by atoms with Gasteiger partial charge in [-0.25, -0.2) is 18.7 Å². The van der Waals surface area contributed by atoms with Gasteiger partial charge in [-0.2, -0.15) is 0 Å². The van der Waals surface area contributed by atoms with Gasteiger partial charge in [-0.3, -0.25) is 0 Å². The lowest BCUT2D eigenvalue weighted by atomic mass is 10.3. The second-order valence-electron chi connectivity index (χ2n) is 3.79. The van der Waals surface area contributed by atoms with Crippen LogP contribution in [-0.2, 0) is 7.05 Å². The largest absolute Gasteiger partial charge is 0.340 e. The number of H-pyrrole nitrogens is 1. The highest BCUT2D eigenvalue weighted by atomic mass is 19.2. The van der Waals surface area contributed by atoms with E-state index in [1.807, 2.05) is 7.05 Å². The minimum absolute atomic E-state index is 0.379. The van der Waals surface area contributed by atoms with E-state index in [1.165, 1.54) is 0 Å². The van der Waals surface area contributed by atoms with Crippen LogP contribution in [0.4, 0.5) is 8.78 Å². The Morgan fingerprint density at radius 2 is 2.00 bits per heavy atom. The molecule has 0 atom stereocenters. The lowest BCUT2D eigenvalue weighted by Crippen LogP contribution is -1.82. The van der Waals surface area contributed by atoms with Gasteiger partial charge in [0.15, 0.2) is 17.5 Å². The minimum Gasteiger partial charge on any atom is -0.340 e. The summed E-state index contributed by atoms with van der Waals surface area (Å²) in [6, 6.07) is 2.15. The molecule has 0 amide bonds. The Kier molecular flexibility index (Phi) is 1.98. The highest BCUT2D eigenvalue weighted by Crippen LogP contribution is 2.20. The molecule has 0 saturated heterocycles. The first-order valence-corrected chi connectivity index (χ1v) is 4.96. The monoisotopic (exact) mass is 234 g/mol. The first-order chi connectivity index (χ1) is 8.13. The third-order valence-electron chi connectivity index (χ3n) is 2.47. The number of aromatic nitrogens is 4. The fourth-order valence-corrected chi connectivity index (χ4v) is 1.66. The van der Waals surface area contributed by atoms with Gasteiger partial charge in [0.05, 0.1) is 17.4 Å². The summed E-state index contributed by atoms with van der Waals surface area (Å²) < 4.78 is 27.8. The molecule has 3 rings (SSSR count). The van der Waals surface area contributed by atoms with Crippen molar-refractivity contribution in [3.05, 3.63) is 36.3 Å². The smallest absolute Gasteiger partial charge is 0.161 e. The third-order valence-corrected chi connectivity index (χ3v) is 2.47. The molecule has 1 N–H and O–H groups in total. The average molecular weight is 234 g/mol. The van der Waals surface area contributed by atoms with Crippen molar-refractivity contribution in [2.75, 3.05) is 0 Å². The average Bonchev–Trinajstić information content (AvgIpc) is 2.85. The number of benzene rings is 1. The van der Waals surface area contributed by atoms with Crippen LogP contribution in [0.2, 0.25) is 0 Å². The topological polar surface area (TPSA) is 46.5 Å². The lowest BCUT2D eigenvalue weighted by molar-refractivity contribution is 0.510. The van der Waals surface area contributed by atoms with Crippen molar-refractivity contribution in [1.82, 2.24) is 19.5 Å². The number of aromatic amines is 1. The molecule has 0 spiro atoms. The minimum atomic E-state index is -0.906. The molecule has 2 aromatic heterocycles. The van der Waals surface area contributed by atoms with E-state index in [2.05, 4.69) is 15.0 Å². The summed E-state index contributed by atoms with van der Waals surface area (Å²) in [7, 11) is 1.83. The van der Waals surface area contributed by atoms with E-state index < -0.39 is 11.6 Å². The van der Waals surface area contributed by atoms with E-state index in [0.29, 0.717) is 22.6 Å². The van der Waals surface area contributed by atoms with E-state index >= 15 is 0 Å². The summed E-state index contributed by atoms with van der Waals surface area (Å²) in [6.07, 6.45) is 3.40. The van der Waals surface area contributed by atoms with Gasteiger partial charge >= 0.3 is 0 Å². The van der Waals surface area contributed by atoms with Crippen LogP contribution in [0.15, 0.2) is 24.7 Å². The quantitative estimate of drug-likeness (QED) is 0.701. The van der Waals surface area contributed by atoms with Gasteiger partial charge in [0.25, 0.3) is 0 Å². The highest BCUT2D eigenvalue weighted by Gasteiger charge is 2.11. The molecule has 0 saturated carbocycles. The lowest BCUT2D eigenvalue weighted by Gasteiger charge is -1.90. The number of nitrogens with zero attached hydrogens (tertiary/aromatic N) is 3. The van der Waals surface area contributed by atoms with Crippen LogP contribution in [0, 0.1) is 11.6 Å². The van der Waals surface area contributed by atoms with Crippen LogP contribution in [0.5, 0.6) is 0 Å². The molecule has 1 aromatic carbocycles. The second kappa shape index (κ2) is 3.38. The van der Waals surface area contributed by atoms with Gasteiger partial charge in [-0.1, -0.05) is 0 Å². The van der Waals surface area contributed by atoms with Crippen LogP contribution in [0.1, 0.15) is 0 Å². The van der Waals surface area contributed by atoms with Crippen molar-refractivity contribution in [2.24, 2.45) is 7.05 Å². The fourth-order valence-electron chi connectivity index (χ4n) is 1.66. The molecule has 0 aliphatic heterocycles. The first kappa shape index (κ1) is 9.95. The zero-order valence-electron chi connectivity index (χ0n) is 8.91. The molecule has 4 nitrogen and oxygen atoms in total. The van der Waals surface area contributed by atoms with Crippen LogP contribution in [-0.4, -0.2) is 19.5 Å². The molecule has 2 heterocycles. The van der Waals surface area contributed by atoms with Gasteiger partial charge in [-0.15, -0.1) is 0 Å². The normalized spacial score (nSPS) is 11.2. The first-order valence-electron chi connectivity index (χ1n) is 4.96. The van der Waals surface area contributed by atoms with Crippen molar-refractivity contribution in [3.8, 4) is 11.5 Å². The van der Waals surface area contributed by atoms with E-state index in [4.69, 9.17) is 0 Å². The zero-order chi connectivity index (χ0) is 12.0. The van der Waals surface area contributed by atoms with Gasteiger partial charge < -0.3 is 9.55 Å². The van der Waals surface area contributed by atoms with Crippen LogP contribution in [0.3, 0.4) is 0 Å². The Balaban J connectivity index is 2.19. The summed E-state index contributed by atoms with van der Waals surface area (Å²) in [5.74, 6) is -1.31. The van der Waals surface area contributed by atoms with Crippen LogP contribution in [0.25, 0.3) is 22.6 Å². The third kappa shape index (κ3) is 1.57. The highest BCUT2D eigenvalue weighted by molar-refractivity contribution is 5.78. The SMILES string of the molecule is Cn1cnc(-c2nc3cc(F)c(F)cc3[nH]2)c1. The summed E-state index contributed by atoms with van der Waals surface area (Å²) in [5.41, 5.74) is 1.46. The van der Waals surface area contributed by atoms with Crippen molar-refractivity contribution in [1.29, 1.82) is 0 Å². The molecule has 3 aromatic rings. The summed E-state index contributed by atoms with van der Waals surface area (Å²) in [5, 5.41) is 0. The molecule has 0 bridgehead atoms. The van der Waals surface area contributed by atoms with Gasteiger partial charge in [0.2, 0.25) is 0 Å². The molecule has 0 aliphatic rings. The molecule has 6 heteroatoms. The second-order valence-corrected chi connectivity index (χ2v) is 3.79. The Bertz CT molecular complexity index is 660. The molecule has 0 aliphatic carbocycles. The van der Waals surface area contributed by atoms with Crippen molar-refractivity contribution < 1.29 is 8.78 Å². The van der Waals surface area contributed by atoms with Crippen molar-refractivity contribution in [3.63, 3.8) is 0 Å². The van der Waals surface area contributed by atoms with E-state index in [9.17, 15) is 8.78 Å². The van der Waals surface area contributed by atoms with Gasteiger partial charge in [-0.05, 0) is 0 Å². The van der Waals surface area contributed by atoms with Crippen LogP contribution >= 0.6 is 0 Å². The predicted octanol–water partition coefficient (Wildman–Crippen LogP) is 2.24. The molecule has 17 heavy (non-hydrogen) atoms. The summed E-state index contributed by atoms with van der Waals surface area (Å²) in [6.45, 7) is 0. The van der Waals surface area contributed by atoms with E-state index in [0.717, 1.165) is 12.1 Å². The Morgan fingerprint density at radius 3 is 2.71 bits per heavy atom. The number of nitrogens with one attached hydrogen (secondary N) is 1. The Labute approximate surface area is 94.9 Å². The number of hydrogen-bond donors (Lipinski definition) is 1. The number of fused-ring (bicyclic) bond motifs is 1. The van der Waals surface area contributed by atoms with Gasteiger partial charge in [0.1, 0.15) is 5.69 Å². The summed E-state index contributed by atoms with van der Waals surface area (Å²) in [4.78, 5) is 11.2. The Hall–Kier alpha value is -2.24. The molecular weight excluding hydrogens is 226 g/mol. The molecule has 0 fully saturated rings. The van der Waals surface area contributed by atoms with Gasteiger partial charge in [0, 0.05) is 25.4 Å². The maximum absolute atomic E-state index is 13.0. The Morgan fingerprint density at radius 1 is 1.24 bits per heavy atom. The van der Waals surface area contributed by atoms with Crippen molar-refractivity contribution >= 4 is 11.0 Å². The maximum Gasteiger partial charge on any atom is 0.161 e. The standard InChI is InChI=1S/C11H8F2N4/c1-17-4-10(14-5-17)11-15-8-2-6(12)7(13)3-9(8)16-11/h2-5H,1H3,(H,15,16). The number of hydrogen-bond acceptors (Lipinski definition) is 2. The summed E-state index contributed by atoms with van der Waals surface area (Å²) >= 11 is 0. The van der Waals surface area contributed by atoms with E-state index in [1.54, 1.807) is 17.1 Å². The molecule has 86 valence electrons. The van der Waals surface area contributed by atoms with Crippen molar-refractivity contribution in [2.45, 2.75) is 0 Å². The zero-order valence-corrected chi connectivity index (χ0v) is 8.91. The molecule has 0 radical (unpaired) electrons. The molecular formula is C11H8F2N4. The van der Waals surface area contributed by atoms with E-state index in [-0.39, 0.29) is 0 Å². The number of halogens is 2. The predicted molar refractivity (Wildman–Crippen MR) is 58.2 cm³/mol.